The average Bonchev–Trinajstić information content (AvgIpc) is 3.28. The molecule has 0 saturated heterocycles. The summed E-state index contributed by atoms with van der Waals surface area (Å²) in [5.41, 5.74) is 1.17. The van der Waals surface area contributed by atoms with Gasteiger partial charge in [-0.3, -0.25) is 4.79 Å². The van der Waals surface area contributed by atoms with E-state index in [-0.39, 0.29) is 12.5 Å². The van der Waals surface area contributed by atoms with Gasteiger partial charge < -0.3 is 15.4 Å². The van der Waals surface area contributed by atoms with Crippen molar-refractivity contribution in [2.45, 2.75) is 19.9 Å². The van der Waals surface area contributed by atoms with Crippen molar-refractivity contribution in [2.75, 3.05) is 11.9 Å². The molecule has 0 fully saturated rings. The van der Waals surface area contributed by atoms with E-state index in [0.717, 1.165) is 22.8 Å². The van der Waals surface area contributed by atoms with Crippen molar-refractivity contribution >= 4 is 23.1 Å². The van der Waals surface area contributed by atoms with Crippen molar-refractivity contribution < 1.29 is 9.90 Å². The fourth-order valence-corrected chi connectivity index (χ4v) is 2.85. The maximum atomic E-state index is 12.3. The molecule has 0 atom stereocenters. The van der Waals surface area contributed by atoms with Crippen LogP contribution in [0, 0.1) is 0 Å². The van der Waals surface area contributed by atoms with E-state index >= 15 is 0 Å². The van der Waals surface area contributed by atoms with Crippen LogP contribution in [0.5, 0.6) is 0 Å². The Labute approximate surface area is 137 Å². The van der Waals surface area contributed by atoms with Gasteiger partial charge in [-0.1, -0.05) is 13.0 Å². The zero-order valence-electron chi connectivity index (χ0n) is 12.6. The summed E-state index contributed by atoms with van der Waals surface area (Å²) in [6.45, 7) is 2.22. The van der Waals surface area contributed by atoms with E-state index in [4.69, 9.17) is 0 Å². The molecule has 0 aliphatic rings. The van der Waals surface area contributed by atoms with E-state index in [9.17, 15) is 9.90 Å². The van der Waals surface area contributed by atoms with Crippen molar-refractivity contribution in [2.24, 2.45) is 0 Å². The maximum absolute atomic E-state index is 12.3. The number of nitrogens with one attached hydrogen (secondary N) is 2. The van der Waals surface area contributed by atoms with Gasteiger partial charge in [0.2, 0.25) is 0 Å². The van der Waals surface area contributed by atoms with Gasteiger partial charge in [0.15, 0.2) is 0 Å². The number of anilines is 1. The Hall–Kier alpha value is -2.45. The lowest BCUT2D eigenvalue weighted by atomic mass is 10.3. The van der Waals surface area contributed by atoms with Gasteiger partial charge in [0, 0.05) is 12.5 Å². The second-order valence-electron chi connectivity index (χ2n) is 4.89. The van der Waals surface area contributed by atoms with Crippen LogP contribution < -0.4 is 5.32 Å². The van der Waals surface area contributed by atoms with Crippen molar-refractivity contribution in [3.8, 4) is 10.6 Å². The number of hydrogen-bond donors (Lipinski definition) is 3. The standard InChI is InChI=1S/C15H17N5O2S/c1-2-13-16-9-11(17-13)15(22)18-14-8-10(12-4-3-7-23-12)19-20(14)5-6-21/h3-4,7-9,21H,2,5-6H2,1H3,(H,16,17)(H,18,22). The highest BCUT2D eigenvalue weighted by Crippen LogP contribution is 2.26. The van der Waals surface area contributed by atoms with E-state index in [1.54, 1.807) is 22.1 Å². The SMILES string of the molecule is CCc1ncc(C(=O)Nc2cc(-c3cccs3)nn2CCO)[nH]1. The highest BCUT2D eigenvalue weighted by Gasteiger charge is 2.15. The van der Waals surface area contributed by atoms with Gasteiger partial charge in [0.05, 0.1) is 24.2 Å². The van der Waals surface area contributed by atoms with Crippen LogP contribution in [0.1, 0.15) is 23.2 Å². The number of H-pyrrole nitrogens is 1. The molecule has 0 aromatic carbocycles. The number of thiophene rings is 1. The molecule has 0 unspecified atom stereocenters. The van der Waals surface area contributed by atoms with Crippen molar-refractivity contribution in [3.63, 3.8) is 0 Å². The highest BCUT2D eigenvalue weighted by molar-refractivity contribution is 7.13. The molecule has 3 aromatic rings. The minimum absolute atomic E-state index is 0.0571. The van der Waals surface area contributed by atoms with Crippen LogP contribution in [0.15, 0.2) is 29.8 Å². The van der Waals surface area contributed by atoms with Gasteiger partial charge in [0.25, 0.3) is 5.91 Å². The first-order valence-corrected chi connectivity index (χ1v) is 8.17. The molecule has 3 heterocycles. The van der Waals surface area contributed by atoms with Gasteiger partial charge in [-0.15, -0.1) is 11.3 Å². The third-order valence-corrected chi connectivity index (χ3v) is 4.21. The molecule has 0 spiro atoms. The van der Waals surface area contributed by atoms with Gasteiger partial charge in [-0.25, -0.2) is 9.67 Å². The average molecular weight is 331 g/mol. The lowest BCUT2D eigenvalue weighted by Gasteiger charge is -2.06. The van der Waals surface area contributed by atoms with Crippen molar-refractivity contribution in [1.29, 1.82) is 0 Å². The number of aryl methyl sites for hydroxylation is 1. The number of aliphatic hydroxyl groups excluding tert-OH is 1. The molecule has 7 nitrogen and oxygen atoms in total. The first kappa shape index (κ1) is 15.4. The Morgan fingerprint density at radius 1 is 1.52 bits per heavy atom. The number of rotatable bonds is 6. The van der Waals surface area contributed by atoms with Gasteiger partial charge in [-0.05, 0) is 11.4 Å². The predicted octanol–water partition coefficient (Wildman–Crippen LogP) is 2.14. The first-order valence-electron chi connectivity index (χ1n) is 7.29. The number of aromatic amines is 1. The molecule has 1 amide bonds. The predicted molar refractivity (Wildman–Crippen MR) is 88.5 cm³/mol. The van der Waals surface area contributed by atoms with Crippen molar-refractivity contribution in [3.05, 3.63) is 41.3 Å². The quantitative estimate of drug-likeness (QED) is 0.645. The van der Waals surface area contributed by atoms with Crippen LogP contribution in [0.2, 0.25) is 0 Å². The fraction of sp³-hybridized carbons (Fsp3) is 0.267. The van der Waals surface area contributed by atoms with Gasteiger partial charge in [0.1, 0.15) is 23.0 Å². The number of hydrogen-bond acceptors (Lipinski definition) is 5. The number of carbonyl (C=O) groups excluding carboxylic acids is 1. The number of imidazole rings is 1. The summed E-state index contributed by atoms with van der Waals surface area (Å²) >= 11 is 1.57. The van der Waals surface area contributed by atoms with E-state index in [2.05, 4.69) is 20.4 Å². The summed E-state index contributed by atoms with van der Waals surface area (Å²) in [5, 5.41) is 18.4. The Balaban J connectivity index is 1.84. The van der Waals surface area contributed by atoms with E-state index in [0.29, 0.717) is 18.1 Å². The Kier molecular flexibility index (Phi) is 4.54. The molecular formula is C15H17N5O2S. The number of nitrogens with zero attached hydrogens (tertiary/aromatic N) is 3. The molecule has 3 N–H and O–H groups in total. The molecule has 0 saturated carbocycles. The molecule has 0 bridgehead atoms. The fourth-order valence-electron chi connectivity index (χ4n) is 2.17. The summed E-state index contributed by atoms with van der Waals surface area (Å²) in [7, 11) is 0. The number of amides is 1. The second kappa shape index (κ2) is 6.76. The summed E-state index contributed by atoms with van der Waals surface area (Å²) in [6, 6.07) is 5.71. The van der Waals surface area contributed by atoms with Crippen LogP contribution in [-0.2, 0) is 13.0 Å². The maximum Gasteiger partial charge on any atom is 0.274 e. The smallest absolute Gasteiger partial charge is 0.274 e. The molecule has 8 heteroatoms. The van der Waals surface area contributed by atoms with Crippen LogP contribution in [-0.4, -0.2) is 37.4 Å². The third kappa shape index (κ3) is 3.33. The Morgan fingerprint density at radius 3 is 3.04 bits per heavy atom. The molecule has 120 valence electrons. The van der Waals surface area contributed by atoms with Gasteiger partial charge in [-0.2, -0.15) is 5.10 Å². The van der Waals surface area contributed by atoms with E-state index in [1.807, 2.05) is 24.4 Å². The lowest BCUT2D eigenvalue weighted by Crippen LogP contribution is -2.17. The molecule has 0 aliphatic heterocycles. The Morgan fingerprint density at radius 2 is 2.39 bits per heavy atom. The van der Waals surface area contributed by atoms with E-state index in [1.165, 1.54) is 6.20 Å². The second-order valence-corrected chi connectivity index (χ2v) is 5.84. The van der Waals surface area contributed by atoms with E-state index < -0.39 is 0 Å². The topological polar surface area (TPSA) is 95.8 Å². The monoisotopic (exact) mass is 331 g/mol. The Bertz CT molecular complexity index is 791. The minimum Gasteiger partial charge on any atom is -0.394 e. The molecule has 0 aliphatic carbocycles. The zero-order valence-corrected chi connectivity index (χ0v) is 13.4. The van der Waals surface area contributed by atoms with Crippen LogP contribution in [0.25, 0.3) is 10.6 Å². The van der Waals surface area contributed by atoms with Crippen molar-refractivity contribution in [1.82, 2.24) is 19.7 Å². The summed E-state index contributed by atoms with van der Waals surface area (Å²) in [6.07, 6.45) is 2.25. The number of aliphatic hydroxyl groups is 1. The molecule has 23 heavy (non-hydrogen) atoms. The summed E-state index contributed by atoms with van der Waals surface area (Å²) < 4.78 is 1.59. The zero-order chi connectivity index (χ0) is 16.2. The van der Waals surface area contributed by atoms with Crippen LogP contribution in [0.4, 0.5) is 5.82 Å². The molecule has 3 rings (SSSR count). The molecule has 0 radical (unpaired) electrons. The highest BCUT2D eigenvalue weighted by atomic mass is 32.1. The third-order valence-electron chi connectivity index (χ3n) is 3.31. The van der Waals surface area contributed by atoms with Gasteiger partial charge >= 0.3 is 0 Å². The normalized spacial score (nSPS) is 10.9. The summed E-state index contributed by atoms with van der Waals surface area (Å²) in [5.74, 6) is 1.02. The number of aromatic nitrogens is 4. The molecule has 3 aromatic heterocycles. The minimum atomic E-state index is -0.283. The lowest BCUT2D eigenvalue weighted by molar-refractivity contribution is 0.102. The van der Waals surface area contributed by atoms with Crippen LogP contribution in [0.3, 0.4) is 0 Å². The first-order chi connectivity index (χ1) is 11.2. The largest absolute Gasteiger partial charge is 0.394 e. The number of carbonyl (C=O) groups is 1. The molecular weight excluding hydrogens is 314 g/mol. The van der Waals surface area contributed by atoms with Crippen LogP contribution >= 0.6 is 11.3 Å². The summed E-state index contributed by atoms with van der Waals surface area (Å²) in [4.78, 5) is 20.4.